The number of aryl methyl sites for hydroxylation is 1. The third-order valence-corrected chi connectivity index (χ3v) is 5.92. The van der Waals surface area contributed by atoms with Crippen molar-refractivity contribution in [1.29, 1.82) is 0 Å². The highest BCUT2D eigenvalue weighted by atomic mass is 16.4. The number of carboxylic acid groups (broad SMARTS) is 1. The number of aliphatic carboxylic acids is 1. The van der Waals surface area contributed by atoms with Gasteiger partial charge in [0.05, 0.1) is 35.5 Å². The maximum absolute atomic E-state index is 12.9. The Hall–Kier alpha value is -3.41. The molecule has 30 heavy (non-hydrogen) atoms. The molecule has 0 fully saturated rings. The lowest BCUT2D eigenvalue weighted by molar-refractivity contribution is -0.146. The highest BCUT2D eigenvalue weighted by Gasteiger charge is 2.34. The van der Waals surface area contributed by atoms with E-state index in [2.05, 4.69) is 34.7 Å². The Bertz CT molecular complexity index is 1140. The number of anilines is 1. The number of aromatic nitrogens is 2. The summed E-state index contributed by atoms with van der Waals surface area (Å²) in [6, 6.07) is 14.4. The molecule has 0 spiro atoms. The topological polar surface area (TPSA) is 84.2 Å². The third kappa shape index (κ3) is 3.73. The Morgan fingerprint density at radius 2 is 1.77 bits per heavy atom. The standard InChI is InChI=1S/C24H25N3O3/c1-15-22(25-23(28)20-12-5-6-13-21(20)24(29)30)16(2)27(26-15)14-18-10-7-9-17-8-3-4-11-19(17)18/h3-11,20-21H,12-14H2,1-2H3,(H,25,28)(H,29,30). The van der Waals surface area contributed by atoms with Crippen LogP contribution in [-0.2, 0) is 16.1 Å². The van der Waals surface area contributed by atoms with Gasteiger partial charge in [-0.1, -0.05) is 54.6 Å². The normalized spacial score (nSPS) is 18.5. The molecule has 1 amide bonds. The van der Waals surface area contributed by atoms with Crippen molar-refractivity contribution in [3.63, 3.8) is 0 Å². The minimum absolute atomic E-state index is 0.261. The molecule has 154 valence electrons. The summed E-state index contributed by atoms with van der Waals surface area (Å²) >= 11 is 0. The molecule has 1 heterocycles. The summed E-state index contributed by atoms with van der Waals surface area (Å²) in [7, 11) is 0. The van der Waals surface area contributed by atoms with Crippen LogP contribution in [0.25, 0.3) is 10.8 Å². The summed E-state index contributed by atoms with van der Waals surface area (Å²) in [5.74, 6) is -2.46. The highest BCUT2D eigenvalue weighted by molar-refractivity contribution is 5.96. The van der Waals surface area contributed by atoms with E-state index in [1.807, 2.05) is 48.9 Å². The van der Waals surface area contributed by atoms with Crippen molar-refractivity contribution in [2.45, 2.75) is 33.2 Å². The second-order valence-corrected chi connectivity index (χ2v) is 7.83. The van der Waals surface area contributed by atoms with Crippen molar-refractivity contribution in [3.05, 3.63) is 71.6 Å². The Morgan fingerprint density at radius 3 is 2.53 bits per heavy atom. The number of carbonyl (C=O) groups is 2. The Kier molecular flexibility index (Phi) is 5.40. The molecule has 3 aromatic rings. The first-order chi connectivity index (χ1) is 14.5. The maximum Gasteiger partial charge on any atom is 0.307 e. The molecule has 1 aliphatic rings. The van der Waals surface area contributed by atoms with E-state index < -0.39 is 17.8 Å². The van der Waals surface area contributed by atoms with Crippen LogP contribution in [0, 0.1) is 25.7 Å². The van der Waals surface area contributed by atoms with Gasteiger partial charge in [-0.3, -0.25) is 14.3 Å². The molecule has 2 atom stereocenters. The number of rotatable bonds is 5. The number of carboxylic acids is 1. The molecule has 6 heteroatoms. The van der Waals surface area contributed by atoms with Gasteiger partial charge in [0.2, 0.25) is 5.91 Å². The molecule has 6 nitrogen and oxygen atoms in total. The molecular formula is C24H25N3O3. The predicted molar refractivity (Wildman–Crippen MR) is 116 cm³/mol. The van der Waals surface area contributed by atoms with Gasteiger partial charge >= 0.3 is 5.97 Å². The summed E-state index contributed by atoms with van der Waals surface area (Å²) in [5.41, 5.74) is 3.39. The minimum atomic E-state index is -0.931. The quantitative estimate of drug-likeness (QED) is 0.622. The van der Waals surface area contributed by atoms with Crippen LogP contribution in [-0.4, -0.2) is 26.8 Å². The first kappa shape index (κ1) is 19.9. The van der Waals surface area contributed by atoms with Crippen LogP contribution in [0.3, 0.4) is 0 Å². The molecule has 1 aliphatic carbocycles. The van der Waals surface area contributed by atoms with Crippen LogP contribution < -0.4 is 5.32 Å². The molecule has 4 rings (SSSR count). The van der Waals surface area contributed by atoms with E-state index in [9.17, 15) is 14.7 Å². The van der Waals surface area contributed by atoms with Crippen molar-refractivity contribution >= 4 is 28.3 Å². The van der Waals surface area contributed by atoms with Crippen LogP contribution in [0.15, 0.2) is 54.6 Å². The van der Waals surface area contributed by atoms with Crippen molar-refractivity contribution in [2.24, 2.45) is 11.8 Å². The number of allylic oxidation sites excluding steroid dienone is 2. The van der Waals surface area contributed by atoms with Gasteiger partial charge in [0.15, 0.2) is 0 Å². The summed E-state index contributed by atoms with van der Waals surface area (Å²) < 4.78 is 1.89. The molecule has 2 aromatic carbocycles. The van der Waals surface area contributed by atoms with E-state index in [0.29, 0.717) is 25.1 Å². The summed E-state index contributed by atoms with van der Waals surface area (Å²) in [4.78, 5) is 24.4. The lowest BCUT2D eigenvalue weighted by Gasteiger charge is -2.24. The Balaban J connectivity index is 1.59. The zero-order valence-corrected chi connectivity index (χ0v) is 17.1. The summed E-state index contributed by atoms with van der Waals surface area (Å²) in [6.07, 6.45) is 4.53. The lowest BCUT2D eigenvalue weighted by Crippen LogP contribution is -2.35. The van der Waals surface area contributed by atoms with Gasteiger partial charge in [0.25, 0.3) is 0 Å². The van der Waals surface area contributed by atoms with E-state index in [1.165, 1.54) is 10.8 Å². The second kappa shape index (κ2) is 8.14. The fourth-order valence-corrected chi connectivity index (χ4v) is 4.22. The van der Waals surface area contributed by atoms with Crippen LogP contribution in [0.5, 0.6) is 0 Å². The summed E-state index contributed by atoms with van der Waals surface area (Å²) in [6.45, 7) is 4.38. The molecule has 2 N–H and O–H groups in total. The van der Waals surface area contributed by atoms with E-state index in [1.54, 1.807) is 0 Å². The number of carbonyl (C=O) groups excluding carboxylic acids is 1. The van der Waals surface area contributed by atoms with Crippen molar-refractivity contribution in [3.8, 4) is 0 Å². The molecule has 1 aromatic heterocycles. The van der Waals surface area contributed by atoms with Gasteiger partial charge in [-0.25, -0.2) is 0 Å². The molecule has 0 bridgehead atoms. The Morgan fingerprint density at radius 1 is 1.07 bits per heavy atom. The van der Waals surface area contributed by atoms with Crippen LogP contribution in [0.2, 0.25) is 0 Å². The Labute approximate surface area is 175 Å². The molecule has 2 unspecified atom stereocenters. The van der Waals surface area contributed by atoms with Crippen molar-refractivity contribution < 1.29 is 14.7 Å². The van der Waals surface area contributed by atoms with Gasteiger partial charge in [0.1, 0.15) is 0 Å². The first-order valence-corrected chi connectivity index (χ1v) is 10.1. The molecule has 0 saturated heterocycles. The van der Waals surface area contributed by atoms with Crippen LogP contribution >= 0.6 is 0 Å². The fourth-order valence-electron chi connectivity index (χ4n) is 4.22. The third-order valence-electron chi connectivity index (χ3n) is 5.92. The second-order valence-electron chi connectivity index (χ2n) is 7.83. The van der Waals surface area contributed by atoms with E-state index in [-0.39, 0.29) is 5.91 Å². The van der Waals surface area contributed by atoms with Gasteiger partial charge in [0, 0.05) is 0 Å². The first-order valence-electron chi connectivity index (χ1n) is 10.1. The molecule has 0 radical (unpaired) electrons. The number of hydrogen-bond acceptors (Lipinski definition) is 3. The SMILES string of the molecule is Cc1nn(Cc2cccc3ccccc23)c(C)c1NC(=O)C1CC=CCC1C(=O)O. The van der Waals surface area contributed by atoms with E-state index in [0.717, 1.165) is 17.0 Å². The van der Waals surface area contributed by atoms with Crippen molar-refractivity contribution in [2.75, 3.05) is 5.32 Å². The highest BCUT2D eigenvalue weighted by Crippen LogP contribution is 2.29. The van der Waals surface area contributed by atoms with Gasteiger partial charge < -0.3 is 10.4 Å². The smallest absolute Gasteiger partial charge is 0.307 e. The number of fused-ring (bicyclic) bond motifs is 1. The average Bonchev–Trinajstić information content (AvgIpc) is 3.01. The lowest BCUT2D eigenvalue weighted by atomic mass is 9.82. The number of benzene rings is 2. The zero-order chi connectivity index (χ0) is 21.3. The van der Waals surface area contributed by atoms with Gasteiger partial charge in [-0.15, -0.1) is 0 Å². The average molecular weight is 403 g/mol. The number of hydrogen-bond donors (Lipinski definition) is 2. The maximum atomic E-state index is 12.9. The summed E-state index contributed by atoms with van der Waals surface area (Å²) in [5, 5.41) is 19.4. The van der Waals surface area contributed by atoms with Gasteiger partial charge in [-0.05, 0) is 43.0 Å². The van der Waals surface area contributed by atoms with E-state index in [4.69, 9.17) is 0 Å². The monoisotopic (exact) mass is 403 g/mol. The van der Waals surface area contributed by atoms with E-state index >= 15 is 0 Å². The van der Waals surface area contributed by atoms with Crippen molar-refractivity contribution in [1.82, 2.24) is 9.78 Å². The van der Waals surface area contributed by atoms with Crippen LogP contribution in [0.4, 0.5) is 5.69 Å². The zero-order valence-electron chi connectivity index (χ0n) is 17.1. The fraction of sp³-hybridized carbons (Fsp3) is 0.292. The predicted octanol–water partition coefficient (Wildman–Crippen LogP) is 4.31. The largest absolute Gasteiger partial charge is 0.481 e. The molecular weight excluding hydrogens is 378 g/mol. The molecule has 0 aliphatic heterocycles. The van der Waals surface area contributed by atoms with Crippen LogP contribution in [0.1, 0.15) is 29.8 Å². The number of amides is 1. The molecule has 0 saturated carbocycles. The van der Waals surface area contributed by atoms with Gasteiger partial charge in [-0.2, -0.15) is 5.10 Å². The number of nitrogens with one attached hydrogen (secondary N) is 1. The number of nitrogens with zero attached hydrogens (tertiary/aromatic N) is 2. The minimum Gasteiger partial charge on any atom is -0.481 e.